The Morgan fingerprint density at radius 2 is 1.96 bits per heavy atom. The Kier molecular flexibility index (Phi) is 6.89. The van der Waals surface area contributed by atoms with Crippen LogP contribution in [0.3, 0.4) is 0 Å². The molecule has 3 aromatic rings. The maximum absolute atomic E-state index is 13.7. The van der Waals surface area contributed by atoms with Gasteiger partial charge in [-0.3, -0.25) is 4.79 Å². The Hall–Kier alpha value is -2.58. The van der Waals surface area contributed by atoms with Gasteiger partial charge >= 0.3 is 0 Å². The van der Waals surface area contributed by atoms with Crippen molar-refractivity contribution in [1.82, 2.24) is 15.1 Å². The lowest BCUT2D eigenvalue weighted by Gasteiger charge is -2.16. The molecule has 0 saturated heterocycles. The van der Waals surface area contributed by atoms with Gasteiger partial charge in [0.25, 0.3) is 11.1 Å². The summed E-state index contributed by atoms with van der Waals surface area (Å²) in [6.45, 7) is 0.298. The first-order valence-electron chi connectivity index (χ1n) is 8.32. The molecule has 1 aromatic heterocycles. The molecule has 0 aliphatic carbocycles. The number of halogens is 2. The van der Waals surface area contributed by atoms with Gasteiger partial charge in [-0.1, -0.05) is 41.6 Å². The summed E-state index contributed by atoms with van der Waals surface area (Å²) >= 11 is 6.94. The highest BCUT2D eigenvalue weighted by Gasteiger charge is 2.15. The fourth-order valence-electron chi connectivity index (χ4n) is 2.23. The van der Waals surface area contributed by atoms with Gasteiger partial charge in [0.15, 0.2) is 6.61 Å². The van der Waals surface area contributed by atoms with Crippen molar-refractivity contribution in [3.05, 3.63) is 70.8 Å². The minimum absolute atomic E-state index is 0.102. The average molecular weight is 422 g/mol. The van der Waals surface area contributed by atoms with Crippen LogP contribution in [0.1, 0.15) is 11.5 Å². The summed E-state index contributed by atoms with van der Waals surface area (Å²) in [4.78, 5) is 13.7. The second kappa shape index (κ2) is 9.57. The van der Waals surface area contributed by atoms with E-state index in [1.165, 1.54) is 11.0 Å². The van der Waals surface area contributed by atoms with Crippen LogP contribution in [0.5, 0.6) is 5.75 Å². The minimum Gasteiger partial charge on any atom is -0.484 e. The maximum Gasteiger partial charge on any atom is 0.277 e. The Labute approximate surface area is 170 Å². The summed E-state index contributed by atoms with van der Waals surface area (Å²) < 4.78 is 24.7. The Morgan fingerprint density at radius 3 is 2.71 bits per heavy atom. The quantitative estimate of drug-likeness (QED) is 0.508. The van der Waals surface area contributed by atoms with Crippen LogP contribution in [0.2, 0.25) is 5.02 Å². The molecule has 0 saturated carbocycles. The van der Waals surface area contributed by atoms with E-state index in [9.17, 15) is 9.18 Å². The molecule has 0 unspecified atom stereocenters. The van der Waals surface area contributed by atoms with Crippen LogP contribution in [-0.4, -0.2) is 33.8 Å². The topological polar surface area (TPSA) is 68.5 Å². The van der Waals surface area contributed by atoms with Gasteiger partial charge in [-0.15, -0.1) is 10.2 Å². The molecule has 0 N–H and O–H groups in total. The predicted molar refractivity (Wildman–Crippen MR) is 104 cm³/mol. The molecular weight excluding hydrogens is 405 g/mol. The number of benzene rings is 2. The number of carbonyl (C=O) groups is 1. The zero-order valence-corrected chi connectivity index (χ0v) is 16.5. The molecule has 0 radical (unpaired) electrons. The third-order valence-corrected chi connectivity index (χ3v) is 4.79. The van der Waals surface area contributed by atoms with Crippen molar-refractivity contribution in [2.45, 2.75) is 18.4 Å². The molecular formula is C19H17ClFN3O3S. The van der Waals surface area contributed by atoms with E-state index in [0.29, 0.717) is 22.2 Å². The normalized spacial score (nSPS) is 10.7. The summed E-state index contributed by atoms with van der Waals surface area (Å²) in [5.41, 5.74) is 0.461. The van der Waals surface area contributed by atoms with Crippen molar-refractivity contribution in [3.8, 4) is 5.75 Å². The Bertz CT molecular complexity index is 936. The van der Waals surface area contributed by atoms with Crippen molar-refractivity contribution >= 4 is 29.3 Å². The van der Waals surface area contributed by atoms with Crippen LogP contribution in [0.25, 0.3) is 0 Å². The molecule has 1 heterocycles. The molecule has 0 aliphatic heterocycles. The molecule has 9 heteroatoms. The van der Waals surface area contributed by atoms with Gasteiger partial charge in [-0.25, -0.2) is 4.39 Å². The molecule has 0 bridgehead atoms. The largest absolute Gasteiger partial charge is 0.484 e. The molecule has 28 heavy (non-hydrogen) atoms. The first-order valence-corrected chi connectivity index (χ1v) is 9.68. The molecule has 3 rings (SSSR count). The summed E-state index contributed by atoms with van der Waals surface area (Å²) in [5.74, 6) is 0.513. The summed E-state index contributed by atoms with van der Waals surface area (Å²) in [7, 11) is 1.62. The van der Waals surface area contributed by atoms with Crippen molar-refractivity contribution < 1.29 is 18.3 Å². The smallest absolute Gasteiger partial charge is 0.277 e. The predicted octanol–water partition coefficient (Wildman–Crippen LogP) is 4.19. The lowest BCUT2D eigenvalue weighted by molar-refractivity contribution is -0.127. The minimum atomic E-state index is -0.336. The molecule has 0 fully saturated rings. The number of rotatable bonds is 8. The fraction of sp³-hybridized carbons (Fsp3) is 0.211. The van der Waals surface area contributed by atoms with Crippen LogP contribution in [0, 0.1) is 5.82 Å². The van der Waals surface area contributed by atoms with Gasteiger partial charge < -0.3 is 14.1 Å². The Morgan fingerprint density at radius 1 is 1.21 bits per heavy atom. The number of carbonyl (C=O) groups excluding carboxylic acids is 1. The van der Waals surface area contributed by atoms with E-state index in [-0.39, 0.29) is 35.9 Å². The highest BCUT2D eigenvalue weighted by Crippen LogP contribution is 2.20. The van der Waals surface area contributed by atoms with Crippen molar-refractivity contribution in [2.75, 3.05) is 12.8 Å². The highest BCUT2D eigenvalue weighted by molar-refractivity contribution is 7.99. The number of amides is 1. The number of hydrogen-bond donors (Lipinski definition) is 0. The van der Waals surface area contributed by atoms with Gasteiger partial charge in [-0.2, -0.15) is 0 Å². The first kappa shape index (κ1) is 20.2. The van der Waals surface area contributed by atoms with E-state index in [0.717, 1.165) is 11.8 Å². The van der Waals surface area contributed by atoms with Crippen LogP contribution in [0.15, 0.2) is 58.2 Å². The zero-order chi connectivity index (χ0) is 19.9. The Balaban J connectivity index is 1.46. The maximum atomic E-state index is 13.7. The summed E-state index contributed by atoms with van der Waals surface area (Å²) in [6, 6.07) is 13.3. The molecule has 2 aromatic carbocycles. The van der Waals surface area contributed by atoms with Gasteiger partial charge in [0, 0.05) is 24.2 Å². The fourth-order valence-corrected chi connectivity index (χ4v) is 3.08. The second-order valence-electron chi connectivity index (χ2n) is 5.83. The van der Waals surface area contributed by atoms with Crippen molar-refractivity contribution in [1.29, 1.82) is 0 Å². The monoisotopic (exact) mass is 421 g/mol. The summed E-state index contributed by atoms with van der Waals surface area (Å²) in [5, 5.41) is 8.66. The van der Waals surface area contributed by atoms with E-state index in [4.69, 9.17) is 20.8 Å². The van der Waals surface area contributed by atoms with Crippen LogP contribution >= 0.6 is 23.4 Å². The van der Waals surface area contributed by atoms with Gasteiger partial charge in [0.1, 0.15) is 11.6 Å². The van der Waals surface area contributed by atoms with Crippen molar-refractivity contribution in [2.24, 2.45) is 0 Å². The van der Waals surface area contributed by atoms with Gasteiger partial charge in [-0.05, 0) is 30.3 Å². The van der Waals surface area contributed by atoms with E-state index >= 15 is 0 Å². The highest BCUT2D eigenvalue weighted by atomic mass is 35.5. The SMILES string of the molecule is CN(Cc1ccccc1F)C(=O)CSc1nnc(COc2ccc(Cl)cc2)o1. The molecule has 0 aliphatic rings. The number of aromatic nitrogens is 2. The first-order chi connectivity index (χ1) is 13.5. The van der Waals surface area contributed by atoms with Crippen molar-refractivity contribution in [3.63, 3.8) is 0 Å². The average Bonchev–Trinajstić information content (AvgIpc) is 3.15. The van der Waals surface area contributed by atoms with E-state index in [2.05, 4.69) is 10.2 Å². The molecule has 1 amide bonds. The molecule has 0 spiro atoms. The van der Waals surface area contributed by atoms with Crippen LogP contribution in [0.4, 0.5) is 4.39 Å². The zero-order valence-electron chi connectivity index (χ0n) is 15.0. The summed E-state index contributed by atoms with van der Waals surface area (Å²) in [6.07, 6.45) is 0. The number of thioether (sulfide) groups is 1. The number of hydrogen-bond acceptors (Lipinski definition) is 6. The van der Waals surface area contributed by atoms with E-state index < -0.39 is 0 Å². The van der Waals surface area contributed by atoms with E-state index in [1.54, 1.807) is 49.5 Å². The van der Waals surface area contributed by atoms with Crippen LogP contribution in [-0.2, 0) is 17.9 Å². The standard InChI is InChI=1S/C19H17ClFN3O3S/c1-24(10-13-4-2-3-5-16(13)21)18(25)12-28-19-23-22-17(27-19)11-26-15-8-6-14(20)7-9-15/h2-9H,10-12H2,1H3. The second-order valence-corrected chi connectivity index (χ2v) is 7.20. The third-order valence-electron chi connectivity index (χ3n) is 3.73. The molecule has 0 atom stereocenters. The number of nitrogens with zero attached hydrogens (tertiary/aromatic N) is 3. The van der Waals surface area contributed by atoms with Crippen LogP contribution < -0.4 is 4.74 Å². The van der Waals surface area contributed by atoms with Gasteiger partial charge in [0.05, 0.1) is 5.75 Å². The lowest BCUT2D eigenvalue weighted by Crippen LogP contribution is -2.28. The molecule has 6 nitrogen and oxygen atoms in total. The van der Waals surface area contributed by atoms with Gasteiger partial charge in [0.2, 0.25) is 5.91 Å². The third kappa shape index (κ3) is 5.71. The lowest BCUT2D eigenvalue weighted by atomic mass is 10.2. The van der Waals surface area contributed by atoms with E-state index in [1.807, 2.05) is 0 Å². The number of ether oxygens (including phenoxy) is 1. The molecule has 146 valence electrons.